The minimum absolute atomic E-state index is 0.0237. The fraction of sp³-hybridized carbons (Fsp3) is 0.500. The van der Waals surface area contributed by atoms with E-state index in [4.69, 9.17) is 4.74 Å². The van der Waals surface area contributed by atoms with Crippen LogP contribution in [0.3, 0.4) is 0 Å². The fourth-order valence-electron chi connectivity index (χ4n) is 1.99. The first-order chi connectivity index (χ1) is 8.14. The van der Waals surface area contributed by atoms with Crippen LogP contribution < -0.4 is 5.32 Å². The Morgan fingerprint density at radius 2 is 2.12 bits per heavy atom. The van der Waals surface area contributed by atoms with E-state index < -0.39 is 0 Å². The molecular formula is C14H19NO2. The van der Waals surface area contributed by atoms with Gasteiger partial charge in [-0.25, -0.2) is 0 Å². The maximum absolute atomic E-state index is 12.1. The summed E-state index contributed by atoms with van der Waals surface area (Å²) in [5, 5.41) is 3.00. The molecule has 0 radical (unpaired) electrons. The summed E-state index contributed by atoms with van der Waals surface area (Å²) in [6.45, 7) is 6.35. The van der Waals surface area contributed by atoms with Crippen molar-refractivity contribution in [3.05, 3.63) is 35.4 Å². The largest absolute Gasteiger partial charge is 0.380 e. The zero-order valence-corrected chi connectivity index (χ0v) is 10.5. The average Bonchev–Trinajstić information content (AvgIpc) is 2.33. The van der Waals surface area contributed by atoms with Crippen LogP contribution in [0.25, 0.3) is 0 Å². The van der Waals surface area contributed by atoms with Gasteiger partial charge in [-0.05, 0) is 18.1 Å². The third-order valence-electron chi connectivity index (χ3n) is 3.22. The maximum atomic E-state index is 12.1. The first-order valence-electron chi connectivity index (χ1n) is 6.08. The van der Waals surface area contributed by atoms with E-state index in [1.807, 2.05) is 24.3 Å². The van der Waals surface area contributed by atoms with E-state index in [1.54, 1.807) is 0 Å². The molecule has 0 unspecified atom stereocenters. The summed E-state index contributed by atoms with van der Waals surface area (Å²) in [5.41, 5.74) is 2.01. The molecule has 3 nitrogen and oxygen atoms in total. The molecule has 17 heavy (non-hydrogen) atoms. The van der Waals surface area contributed by atoms with Crippen LogP contribution in [0.2, 0.25) is 0 Å². The Bertz CT molecular complexity index is 410. The Balaban J connectivity index is 1.99. The number of ether oxygens (including phenoxy) is 1. The van der Waals surface area contributed by atoms with Crippen molar-refractivity contribution in [1.82, 2.24) is 5.32 Å². The van der Waals surface area contributed by atoms with Gasteiger partial charge in [-0.2, -0.15) is 0 Å². The quantitative estimate of drug-likeness (QED) is 0.864. The Morgan fingerprint density at radius 1 is 1.41 bits per heavy atom. The Labute approximate surface area is 102 Å². The lowest BCUT2D eigenvalue weighted by Gasteiger charge is -2.38. The number of hydrogen-bond acceptors (Lipinski definition) is 2. The van der Waals surface area contributed by atoms with E-state index in [1.165, 1.54) is 0 Å². The maximum Gasteiger partial charge on any atom is 0.251 e. The second kappa shape index (κ2) is 4.88. The van der Waals surface area contributed by atoms with Crippen molar-refractivity contribution in [3.8, 4) is 0 Å². The number of carbonyl (C=O) groups excluding carboxylic acids is 1. The lowest BCUT2D eigenvalue weighted by atomic mass is 9.88. The second-order valence-electron chi connectivity index (χ2n) is 5.00. The molecule has 0 atom stereocenters. The molecule has 2 rings (SSSR count). The standard InChI is InChI=1S/C14H19NO2/c1-3-11-6-4-5-7-12(11)13(16)15-8-14(2)9-17-10-14/h4-7H,3,8-10H2,1-2H3,(H,15,16). The van der Waals surface area contributed by atoms with Crippen LogP contribution in [0.5, 0.6) is 0 Å². The molecule has 1 saturated heterocycles. The lowest BCUT2D eigenvalue weighted by Crippen LogP contribution is -2.48. The summed E-state index contributed by atoms with van der Waals surface area (Å²) in [4.78, 5) is 12.1. The normalized spacial score (nSPS) is 17.3. The van der Waals surface area contributed by atoms with Crippen LogP contribution in [-0.2, 0) is 11.2 Å². The van der Waals surface area contributed by atoms with Gasteiger partial charge in [0, 0.05) is 17.5 Å². The molecule has 1 aliphatic rings. The first-order valence-corrected chi connectivity index (χ1v) is 6.08. The molecule has 1 aromatic carbocycles. The smallest absolute Gasteiger partial charge is 0.251 e. The van der Waals surface area contributed by atoms with E-state index in [-0.39, 0.29) is 11.3 Å². The van der Waals surface area contributed by atoms with Crippen molar-refractivity contribution in [1.29, 1.82) is 0 Å². The van der Waals surface area contributed by atoms with E-state index in [2.05, 4.69) is 19.2 Å². The van der Waals surface area contributed by atoms with Gasteiger partial charge in [-0.3, -0.25) is 4.79 Å². The summed E-state index contributed by atoms with van der Waals surface area (Å²) in [6, 6.07) is 7.76. The molecular weight excluding hydrogens is 214 g/mol. The predicted octanol–water partition coefficient (Wildman–Crippen LogP) is 2.02. The molecule has 0 aromatic heterocycles. The first kappa shape index (κ1) is 12.1. The Hall–Kier alpha value is -1.35. The van der Waals surface area contributed by atoms with Crippen LogP contribution in [0.4, 0.5) is 0 Å². The highest BCUT2D eigenvalue weighted by molar-refractivity contribution is 5.95. The minimum atomic E-state index is 0.0237. The van der Waals surface area contributed by atoms with Gasteiger partial charge in [0.05, 0.1) is 13.2 Å². The van der Waals surface area contributed by atoms with Crippen LogP contribution in [0.1, 0.15) is 29.8 Å². The zero-order chi connectivity index (χ0) is 12.3. The highest BCUT2D eigenvalue weighted by atomic mass is 16.5. The van der Waals surface area contributed by atoms with Crippen LogP contribution in [-0.4, -0.2) is 25.7 Å². The van der Waals surface area contributed by atoms with Gasteiger partial charge >= 0.3 is 0 Å². The number of hydrogen-bond donors (Lipinski definition) is 1. The summed E-state index contributed by atoms with van der Waals surface area (Å²) in [7, 11) is 0. The molecule has 0 bridgehead atoms. The predicted molar refractivity (Wildman–Crippen MR) is 67.1 cm³/mol. The number of carbonyl (C=O) groups is 1. The number of amides is 1. The third-order valence-corrected chi connectivity index (χ3v) is 3.22. The van der Waals surface area contributed by atoms with Crippen molar-refractivity contribution in [3.63, 3.8) is 0 Å². The highest BCUT2D eigenvalue weighted by Crippen LogP contribution is 2.25. The molecule has 1 aliphatic heterocycles. The van der Waals surface area contributed by atoms with Gasteiger partial charge in [-0.1, -0.05) is 32.0 Å². The topological polar surface area (TPSA) is 38.3 Å². The van der Waals surface area contributed by atoms with E-state index in [9.17, 15) is 4.79 Å². The summed E-state index contributed by atoms with van der Waals surface area (Å²) < 4.78 is 5.17. The molecule has 0 aliphatic carbocycles. The second-order valence-corrected chi connectivity index (χ2v) is 5.00. The highest BCUT2D eigenvalue weighted by Gasteiger charge is 2.33. The molecule has 1 amide bonds. The molecule has 0 saturated carbocycles. The molecule has 1 heterocycles. The summed E-state index contributed by atoms with van der Waals surface area (Å²) in [5.74, 6) is 0.0237. The number of aryl methyl sites for hydroxylation is 1. The Kier molecular flexibility index (Phi) is 3.48. The molecule has 1 fully saturated rings. The van der Waals surface area contributed by atoms with Crippen LogP contribution >= 0.6 is 0 Å². The summed E-state index contributed by atoms with van der Waals surface area (Å²) in [6.07, 6.45) is 0.879. The van der Waals surface area contributed by atoms with Crippen molar-refractivity contribution >= 4 is 5.91 Å². The van der Waals surface area contributed by atoms with E-state index in [0.29, 0.717) is 6.54 Å². The SMILES string of the molecule is CCc1ccccc1C(=O)NCC1(C)COC1. The van der Waals surface area contributed by atoms with E-state index in [0.717, 1.165) is 30.8 Å². The van der Waals surface area contributed by atoms with Gasteiger partial charge in [0.15, 0.2) is 0 Å². The number of rotatable bonds is 4. The van der Waals surface area contributed by atoms with Crippen LogP contribution in [0.15, 0.2) is 24.3 Å². The zero-order valence-electron chi connectivity index (χ0n) is 10.5. The van der Waals surface area contributed by atoms with Crippen molar-refractivity contribution < 1.29 is 9.53 Å². The molecule has 0 spiro atoms. The molecule has 3 heteroatoms. The van der Waals surface area contributed by atoms with Crippen molar-refractivity contribution in [2.24, 2.45) is 5.41 Å². The van der Waals surface area contributed by atoms with Gasteiger partial charge < -0.3 is 10.1 Å². The average molecular weight is 233 g/mol. The van der Waals surface area contributed by atoms with E-state index >= 15 is 0 Å². The van der Waals surface area contributed by atoms with Gasteiger partial charge in [-0.15, -0.1) is 0 Å². The van der Waals surface area contributed by atoms with Gasteiger partial charge in [0.2, 0.25) is 0 Å². The summed E-state index contributed by atoms with van der Waals surface area (Å²) >= 11 is 0. The molecule has 1 N–H and O–H groups in total. The molecule has 1 aromatic rings. The van der Waals surface area contributed by atoms with Crippen LogP contribution in [0, 0.1) is 5.41 Å². The van der Waals surface area contributed by atoms with Gasteiger partial charge in [0.25, 0.3) is 5.91 Å². The van der Waals surface area contributed by atoms with Crippen molar-refractivity contribution in [2.75, 3.05) is 19.8 Å². The number of nitrogens with one attached hydrogen (secondary N) is 1. The van der Waals surface area contributed by atoms with Gasteiger partial charge in [0.1, 0.15) is 0 Å². The Morgan fingerprint density at radius 3 is 2.71 bits per heavy atom. The fourth-order valence-corrected chi connectivity index (χ4v) is 1.99. The lowest BCUT2D eigenvalue weighted by molar-refractivity contribution is -0.0978. The minimum Gasteiger partial charge on any atom is -0.380 e. The molecule has 92 valence electrons. The monoisotopic (exact) mass is 233 g/mol. The van der Waals surface area contributed by atoms with Crippen molar-refractivity contribution in [2.45, 2.75) is 20.3 Å². The third kappa shape index (κ3) is 2.67. The number of benzene rings is 1.